The van der Waals surface area contributed by atoms with Crippen LogP contribution in [0.5, 0.6) is 0 Å². The number of unbranched alkanes of at least 4 members (excludes halogenated alkanes) is 50. The number of amides is 1. The minimum atomic E-state index is -0.662. The summed E-state index contributed by atoms with van der Waals surface area (Å²) in [6, 6.07) is -0.539. The lowest BCUT2D eigenvalue weighted by Crippen LogP contribution is -2.45. The van der Waals surface area contributed by atoms with Crippen molar-refractivity contribution in [1.82, 2.24) is 5.32 Å². The van der Waals surface area contributed by atoms with Gasteiger partial charge in [-0.1, -0.05) is 333 Å². The van der Waals surface area contributed by atoms with Gasteiger partial charge in [-0.15, -0.1) is 0 Å². The predicted molar refractivity (Wildman–Crippen MR) is 347 cm³/mol. The smallest absolute Gasteiger partial charge is 0.305 e. The molecule has 0 aliphatic heterocycles. The summed E-state index contributed by atoms with van der Waals surface area (Å²) in [5, 5.41) is 23.3. The van der Waals surface area contributed by atoms with Crippen LogP contribution >= 0.6 is 0 Å². The SMILES string of the molecule is CCCCC/C=C\C/C=C\CCCCCCCCCC(=O)OCCCCCCCCCCCCCC/C=C\CCCCCCCCCCCCCCCCCC(=O)NC(CO)C(O)CCCCCCCCCCCCCCCC. The largest absolute Gasteiger partial charge is 0.466 e. The maximum Gasteiger partial charge on any atom is 0.305 e. The van der Waals surface area contributed by atoms with Gasteiger partial charge in [-0.05, 0) is 83.5 Å². The molecule has 6 nitrogen and oxygen atoms in total. The van der Waals surface area contributed by atoms with Crippen LogP contribution in [0.15, 0.2) is 36.5 Å². The molecule has 0 bridgehead atoms. The molecule has 2 atom stereocenters. The lowest BCUT2D eigenvalue weighted by atomic mass is 10.0. The first-order chi connectivity index (χ1) is 39.0. The molecule has 0 radical (unpaired) electrons. The summed E-state index contributed by atoms with van der Waals surface area (Å²) < 4.78 is 5.50. The molecule has 79 heavy (non-hydrogen) atoms. The third-order valence-corrected chi connectivity index (χ3v) is 16.7. The number of nitrogens with one attached hydrogen (secondary N) is 1. The van der Waals surface area contributed by atoms with Crippen molar-refractivity contribution in [2.24, 2.45) is 0 Å². The first-order valence-electron chi connectivity index (χ1n) is 35.7. The van der Waals surface area contributed by atoms with Crippen molar-refractivity contribution in [3.05, 3.63) is 36.5 Å². The highest BCUT2D eigenvalue weighted by Crippen LogP contribution is 2.19. The second-order valence-corrected chi connectivity index (χ2v) is 24.6. The number of esters is 1. The molecule has 0 saturated heterocycles. The minimum Gasteiger partial charge on any atom is -0.466 e. The topological polar surface area (TPSA) is 95.9 Å². The lowest BCUT2D eigenvalue weighted by molar-refractivity contribution is -0.143. The van der Waals surface area contributed by atoms with Gasteiger partial charge in [-0.3, -0.25) is 9.59 Å². The number of carbonyl (C=O) groups excluding carboxylic acids is 2. The molecule has 1 amide bonds. The summed E-state index contributed by atoms with van der Waals surface area (Å²) in [7, 11) is 0. The van der Waals surface area contributed by atoms with Crippen LogP contribution < -0.4 is 5.32 Å². The minimum absolute atomic E-state index is 0.0103. The molecular weight excluding hydrogens is 971 g/mol. The van der Waals surface area contributed by atoms with Crippen LogP contribution in [0.25, 0.3) is 0 Å². The fourth-order valence-corrected chi connectivity index (χ4v) is 11.2. The Morgan fingerprint density at radius 2 is 0.633 bits per heavy atom. The van der Waals surface area contributed by atoms with E-state index < -0.39 is 12.1 Å². The summed E-state index contributed by atoms with van der Waals surface area (Å²) in [5.74, 6) is -0.0204. The molecule has 0 aliphatic rings. The van der Waals surface area contributed by atoms with Crippen molar-refractivity contribution in [3.63, 3.8) is 0 Å². The molecule has 3 N–H and O–H groups in total. The Bertz CT molecular complexity index is 1280. The third-order valence-electron chi connectivity index (χ3n) is 16.7. The fraction of sp³-hybridized carbons (Fsp3) is 0.890. The summed E-state index contributed by atoms with van der Waals surface area (Å²) in [6.45, 7) is 4.95. The molecule has 0 aromatic heterocycles. The summed E-state index contributed by atoms with van der Waals surface area (Å²) in [4.78, 5) is 24.6. The van der Waals surface area contributed by atoms with Crippen molar-refractivity contribution < 1.29 is 24.5 Å². The molecule has 0 spiro atoms. The van der Waals surface area contributed by atoms with Crippen LogP contribution in [0.3, 0.4) is 0 Å². The zero-order valence-electron chi connectivity index (χ0n) is 53.4. The van der Waals surface area contributed by atoms with E-state index in [4.69, 9.17) is 4.74 Å². The first-order valence-corrected chi connectivity index (χ1v) is 35.7. The van der Waals surface area contributed by atoms with Crippen molar-refractivity contribution in [2.75, 3.05) is 13.2 Å². The molecule has 0 heterocycles. The van der Waals surface area contributed by atoms with E-state index in [1.807, 2.05) is 0 Å². The first kappa shape index (κ1) is 77.1. The number of ether oxygens (including phenoxy) is 1. The molecule has 0 rings (SSSR count). The van der Waals surface area contributed by atoms with Crippen LogP contribution in [0.2, 0.25) is 0 Å². The van der Waals surface area contributed by atoms with Crippen LogP contribution in [0.1, 0.15) is 393 Å². The molecule has 0 aromatic rings. The number of carbonyl (C=O) groups is 2. The zero-order valence-corrected chi connectivity index (χ0v) is 53.4. The fourth-order valence-electron chi connectivity index (χ4n) is 11.2. The average molecular weight is 1110 g/mol. The number of aliphatic hydroxyl groups is 2. The standard InChI is InChI=1S/C73H139NO5/c1-3-5-7-9-11-13-15-17-19-35-39-43-47-51-55-59-63-67-73(78)79-68-64-60-56-52-48-44-40-37-34-32-30-28-26-24-22-20-21-23-25-27-29-31-33-36-38-42-46-50-54-58-62-66-72(77)74-70(69-75)71(76)65-61-57-53-49-45-41-18-16-14-12-10-8-6-4-2/h11,13,17,19,22,24,70-71,75-76H,3-10,12,14-16,18,20-21,23,25-69H2,1-2H3,(H,74,77)/b13-11-,19-17-,24-22-. The molecule has 466 valence electrons. The van der Waals surface area contributed by atoms with E-state index in [9.17, 15) is 19.8 Å². The molecule has 0 aliphatic carbocycles. The van der Waals surface area contributed by atoms with E-state index in [0.29, 0.717) is 25.9 Å². The quantitative estimate of drug-likeness (QED) is 0.0320. The van der Waals surface area contributed by atoms with Crippen molar-refractivity contribution in [1.29, 1.82) is 0 Å². The molecule has 0 saturated carbocycles. The van der Waals surface area contributed by atoms with Crippen LogP contribution in [-0.4, -0.2) is 47.4 Å². The van der Waals surface area contributed by atoms with E-state index in [1.54, 1.807) is 0 Å². The van der Waals surface area contributed by atoms with E-state index in [2.05, 4.69) is 55.6 Å². The Kier molecular flexibility index (Phi) is 66.9. The maximum atomic E-state index is 12.5. The molecule has 2 unspecified atom stereocenters. The van der Waals surface area contributed by atoms with Gasteiger partial charge in [0.1, 0.15) is 0 Å². The Labute approximate surface area is 494 Å². The second kappa shape index (κ2) is 68.6. The van der Waals surface area contributed by atoms with Gasteiger partial charge in [-0.25, -0.2) is 0 Å². The molecule has 0 aromatic carbocycles. The van der Waals surface area contributed by atoms with Gasteiger partial charge in [0.2, 0.25) is 5.91 Å². The summed E-state index contributed by atoms with van der Waals surface area (Å²) >= 11 is 0. The molecule has 0 fully saturated rings. The van der Waals surface area contributed by atoms with Gasteiger partial charge in [0, 0.05) is 12.8 Å². The number of rotatable bonds is 67. The predicted octanol–water partition coefficient (Wildman–Crippen LogP) is 23.1. The highest BCUT2D eigenvalue weighted by Gasteiger charge is 2.20. The normalized spacial score (nSPS) is 12.7. The highest BCUT2D eigenvalue weighted by molar-refractivity contribution is 5.76. The van der Waals surface area contributed by atoms with Gasteiger partial charge < -0.3 is 20.3 Å². The number of hydrogen-bond donors (Lipinski definition) is 3. The zero-order chi connectivity index (χ0) is 57.1. The lowest BCUT2D eigenvalue weighted by Gasteiger charge is -2.22. The number of hydrogen-bond acceptors (Lipinski definition) is 5. The van der Waals surface area contributed by atoms with Gasteiger partial charge in [0.25, 0.3) is 0 Å². The Morgan fingerprint density at radius 3 is 1.00 bits per heavy atom. The van der Waals surface area contributed by atoms with E-state index in [0.717, 1.165) is 51.4 Å². The van der Waals surface area contributed by atoms with E-state index in [1.165, 1.54) is 308 Å². The third kappa shape index (κ3) is 65.1. The van der Waals surface area contributed by atoms with Crippen molar-refractivity contribution in [3.8, 4) is 0 Å². The van der Waals surface area contributed by atoms with Crippen LogP contribution in [0.4, 0.5) is 0 Å². The second-order valence-electron chi connectivity index (χ2n) is 24.6. The Morgan fingerprint density at radius 1 is 0.354 bits per heavy atom. The van der Waals surface area contributed by atoms with Gasteiger partial charge in [0.15, 0.2) is 0 Å². The van der Waals surface area contributed by atoms with Crippen molar-refractivity contribution in [2.45, 2.75) is 405 Å². The maximum absolute atomic E-state index is 12.5. The number of aliphatic hydroxyl groups excluding tert-OH is 2. The van der Waals surface area contributed by atoms with Crippen LogP contribution in [0, 0.1) is 0 Å². The number of allylic oxidation sites excluding steroid dienone is 6. The Hall–Kier alpha value is -1.92. The summed E-state index contributed by atoms with van der Waals surface area (Å²) in [6.07, 6.45) is 87.7. The van der Waals surface area contributed by atoms with Gasteiger partial charge in [0.05, 0.1) is 25.4 Å². The van der Waals surface area contributed by atoms with E-state index in [-0.39, 0.29) is 18.5 Å². The molecule has 6 heteroatoms. The molecular formula is C73H139NO5. The Balaban J connectivity index is 3.35. The van der Waals surface area contributed by atoms with Gasteiger partial charge >= 0.3 is 5.97 Å². The van der Waals surface area contributed by atoms with Crippen molar-refractivity contribution >= 4 is 11.9 Å². The summed E-state index contributed by atoms with van der Waals surface area (Å²) in [5.41, 5.74) is 0. The monoisotopic (exact) mass is 1110 g/mol. The van der Waals surface area contributed by atoms with E-state index >= 15 is 0 Å². The van der Waals surface area contributed by atoms with Crippen LogP contribution in [-0.2, 0) is 14.3 Å². The average Bonchev–Trinajstić information content (AvgIpc) is 3.45. The highest BCUT2D eigenvalue weighted by atomic mass is 16.5. The van der Waals surface area contributed by atoms with Gasteiger partial charge in [-0.2, -0.15) is 0 Å².